The third kappa shape index (κ3) is 4.35. The second-order valence-electron chi connectivity index (χ2n) is 5.18. The van der Waals surface area contributed by atoms with E-state index in [-0.39, 0.29) is 0 Å². The summed E-state index contributed by atoms with van der Waals surface area (Å²) in [6.45, 7) is 3.64. The summed E-state index contributed by atoms with van der Waals surface area (Å²) >= 11 is 0. The molecule has 106 valence electrons. The van der Waals surface area contributed by atoms with Gasteiger partial charge in [-0.05, 0) is 25.2 Å². The molecule has 0 spiro atoms. The summed E-state index contributed by atoms with van der Waals surface area (Å²) in [6.07, 6.45) is 7.41. The Hall–Kier alpha value is -1.36. The Labute approximate surface area is 115 Å². The molecule has 0 saturated heterocycles. The number of hydrogen-bond acceptors (Lipinski definition) is 5. The summed E-state index contributed by atoms with van der Waals surface area (Å²) in [7, 11) is 0. The van der Waals surface area contributed by atoms with Crippen LogP contribution in [-0.4, -0.2) is 29.2 Å². The van der Waals surface area contributed by atoms with Crippen molar-refractivity contribution in [2.45, 2.75) is 45.1 Å². The van der Waals surface area contributed by atoms with Crippen LogP contribution in [-0.2, 0) is 0 Å². The summed E-state index contributed by atoms with van der Waals surface area (Å²) in [5.41, 5.74) is 6.14. The van der Waals surface area contributed by atoms with Crippen molar-refractivity contribution in [3.8, 4) is 5.88 Å². The van der Waals surface area contributed by atoms with E-state index in [1.165, 1.54) is 25.6 Å². The van der Waals surface area contributed by atoms with Crippen LogP contribution in [0.3, 0.4) is 0 Å². The van der Waals surface area contributed by atoms with Crippen LogP contribution < -0.4 is 15.8 Å². The predicted molar refractivity (Wildman–Crippen MR) is 76.2 cm³/mol. The van der Waals surface area contributed by atoms with Gasteiger partial charge in [0, 0.05) is 18.7 Å². The monoisotopic (exact) mass is 264 g/mol. The summed E-state index contributed by atoms with van der Waals surface area (Å²) < 4.78 is 5.49. The van der Waals surface area contributed by atoms with Gasteiger partial charge in [-0.1, -0.05) is 19.8 Å². The van der Waals surface area contributed by atoms with Crippen molar-refractivity contribution >= 4 is 5.82 Å². The van der Waals surface area contributed by atoms with Crippen molar-refractivity contribution in [1.82, 2.24) is 9.97 Å². The Kier molecular flexibility index (Phi) is 5.39. The van der Waals surface area contributed by atoms with Gasteiger partial charge >= 0.3 is 0 Å². The van der Waals surface area contributed by atoms with Crippen LogP contribution in [0.25, 0.3) is 0 Å². The third-order valence-corrected chi connectivity index (χ3v) is 3.61. The Morgan fingerprint density at radius 2 is 2.21 bits per heavy atom. The van der Waals surface area contributed by atoms with Gasteiger partial charge in [-0.3, -0.25) is 0 Å². The minimum Gasteiger partial charge on any atom is -0.478 e. The largest absolute Gasteiger partial charge is 0.478 e. The molecule has 1 aromatic rings. The van der Waals surface area contributed by atoms with E-state index < -0.39 is 0 Å². The predicted octanol–water partition coefficient (Wildman–Crippen LogP) is 2.19. The number of rotatable bonds is 6. The first kappa shape index (κ1) is 14.1. The van der Waals surface area contributed by atoms with E-state index in [4.69, 9.17) is 10.5 Å². The van der Waals surface area contributed by atoms with Crippen molar-refractivity contribution in [2.75, 3.05) is 18.5 Å². The Morgan fingerprint density at radius 1 is 1.37 bits per heavy atom. The molecule has 0 radical (unpaired) electrons. The zero-order valence-corrected chi connectivity index (χ0v) is 11.6. The lowest BCUT2D eigenvalue weighted by Crippen LogP contribution is -2.37. The van der Waals surface area contributed by atoms with Gasteiger partial charge in [0.25, 0.3) is 0 Å². The van der Waals surface area contributed by atoms with Gasteiger partial charge in [-0.2, -0.15) is 0 Å². The molecule has 5 nitrogen and oxygen atoms in total. The fourth-order valence-corrected chi connectivity index (χ4v) is 2.45. The molecule has 0 bridgehead atoms. The van der Waals surface area contributed by atoms with Gasteiger partial charge in [0.2, 0.25) is 5.88 Å². The molecule has 1 saturated carbocycles. The Morgan fingerprint density at radius 3 is 3.00 bits per heavy atom. The molecule has 0 aromatic carbocycles. The highest BCUT2D eigenvalue weighted by atomic mass is 16.5. The SMILES string of the molecule is CCCOc1cc(NCC2CCCCC2N)ncn1. The minimum absolute atomic E-state index is 0.318. The molecule has 5 heteroatoms. The molecule has 2 atom stereocenters. The zero-order valence-electron chi connectivity index (χ0n) is 11.6. The van der Waals surface area contributed by atoms with Crippen LogP contribution in [0, 0.1) is 5.92 Å². The summed E-state index contributed by atoms with van der Waals surface area (Å²) in [4.78, 5) is 8.30. The molecule has 2 rings (SSSR count). The van der Waals surface area contributed by atoms with E-state index in [9.17, 15) is 0 Å². The first-order valence-electron chi connectivity index (χ1n) is 7.24. The number of nitrogens with zero attached hydrogens (tertiary/aromatic N) is 2. The quantitative estimate of drug-likeness (QED) is 0.824. The van der Waals surface area contributed by atoms with Crippen LogP contribution in [0.4, 0.5) is 5.82 Å². The van der Waals surface area contributed by atoms with Crippen molar-refractivity contribution in [3.05, 3.63) is 12.4 Å². The smallest absolute Gasteiger partial charge is 0.218 e. The summed E-state index contributed by atoms with van der Waals surface area (Å²) in [5.74, 6) is 2.00. The third-order valence-electron chi connectivity index (χ3n) is 3.61. The molecular formula is C14H24N4O. The summed E-state index contributed by atoms with van der Waals surface area (Å²) in [6, 6.07) is 2.17. The first-order chi connectivity index (χ1) is 9.29. The van der Waals surface area contributed by atoms with Crippen LogP contribution >= 0.6 is 0 Å². The van der Waals surface area contributed by atoms with E-state index in [1.54, 1.807) is 0 Å². The van der Waals surface area contributed by atoms with Crippen LogP contribution in [0.1, 0.15) is 39.0 Å². The molecule has 3 N–H and O–H groups in total. The van der Waals surface area contributed by atoms with Crippen LogP contribution in [0.5, 0.6) is 5.88 Å². The number of ether oxygens (including phenoxy) is 1. The normalized spacial score (nSPS) is 23.1. The van der Waals surface area contributed by atoms with E-state index in [2.05, 4.69) is 22.2 Å². The average molecular weight is 264 g/mol. The van der Waals surface area contributed by atoms with Gasteiger partial charge in [0.1, 0.15) is 12.1 Å². The molecule has 1 fully saturated rings. The lowest BCUT2D eigenvalue weighted by atomic mass is 9.85. The van der Waals surface area contributed by atoms with E-state index in [0.29, 0.717) is 24.4 Å². The number of nitrogens with one attached hydrogen (secondary N) is 1. The molecule has 1 aliphatic carbocycles. The molecule has 1 heterocycles. The van der Waals surface area contributed by atoms with Crippen LogP contribution in [0.15, 0.2) is 12.4 Å². The maximum atomic E-state index is 6.14. The van der Waals surface area contributed by atoms with E-state index in [0.717, 1.165) is 25.2 Å². The fourth-order valence-electron chi connectivity index (χ4n) is 2.45. The van der Waals surface area contributed by atoms with E-state index >= 15 is 0 Å². The van der Waals surface area contributed by atoms with Crippen molar-refractivity contribution in [1.29, 1.82) is 0 Å². The number of anilines is 1. The fraction of sp³-hybridized carbons (Fsp3) is 0.714. The van der Waals surface area contributed by atoms with E-state index in [1.807, 2.05) is 6.07 Å². The Balaban J connectivity index is 1.84. The molecule has 1 aliphatic rings. The number of nitrogens with two attached hydrogens (primary N) is 1. The second-order valence-corrected chi connectivity index (χ2v) is 5.18. The molecule has 1 aromatic heterocycles. The van der Waals surface area contributed by atoms with Crippen molar-refractivity contribution < 1.29 is 4.74 Å². The van der Waals surface area contributed by atoms with Gasteiger partial charge in [-0.15, -0.1) is 0 Å². The standard InChI is InChI=1S/C14H24N4O/c1-2-7-19-14-8-13(17-10-18-14)16-9-11-5-3-4-6-12(11)15/h8,10-12H,2-7,9,15H2,1H3,(H,16,17,18). The molecule has 0 aliphatic heterocycles. The first-order valence-corrected chi connectivity index (χ1v) is 7.24. The highest BCUT2D eigenvalue weighted by molar-refractivity contribution is 5.37. The number of hydrogen-bond donors (Lipinski definition) is 2. The highest BCUT2D eigenvalue weighted by Gasteiger charge is 2.21. The maximum absolute atomic E-state index is 6.14. The lowest BCUT2D eigenvalue weighted by Gasteiger charge is -2.28. The molecule has 2 unspecified atom stereocenters. The van der Waals surface area contributed by atoms with Gasteiger partial charge in [0.05, 0.1) is 6.61 Å². The van der Waals surface area contributed by atoms with Gasteiger partial charge in [-0.25, -0.2) is 9.97 Å². The summed E-state index contributed by atoms with van der Waals surface area (Å²) in [5, 5.41) is 3.35. The average Bonchev–Trinajstić information content (AvgIpc) is 2.45. The topological polar surface area (TPSA) is 73.1 Å². The molecular weight excluding hydrogens is 240 g/mol. The minimum atomic E-state index is 0.318. The van der Waals surface area contributed by atoms with Crippen molar-refractivity contribution in [2.24, 2.45) is 11.7 Å². The number of aromatic nitrogens is 2. The maximum Gasteiger partial charge on any atom is 0.218 e. The van der Waals surface area contributed by atoms with Crippen LogP contribution in [0.2, 0.25) is 0 Å². The Bertz CT molecular complexity index is 385. The van der Waals surface area contributed by atoms with Gasteiger partial charge < -0.3 is 15.8 Å². The lowest BCUT2D eigenvalue weighted by molar-refractivity contribution is 0.304. The van der Waals surface area contributed by atoms with Gasteiger partial charge in [0.15, 0.2) is 0 Å². The second kappa shape index (κ2) is 7.28. The highest BCUT2D eigenvalue weighted by Crippen LogP contribution is 2.23. The molecule has 19 heavy (non-hydrogen) atoms. The molecule has 0 amide bonds. The van der Waals surface area contributed by atoms with Crippen molar-refractivity contribution in [3.63, 3.8) is 0 Å². The zero-order chi connectivity index (χ0) is 13.5.